The van der Waals surface area contributed by atoms with Gasteiger partial charge >= 0.3 is 0 Å². The highest BCUT2D eigenvalue weighted by Crippen LogP contribution is 2.30. The highest BCUT2D eigenvalue weighted by Gasteiger charge is 2.13. The second-order valence-electron chi connectivity index (χ2n) is 3.52. The number of nitrogens with two attached hydrogens (primary N) is 1. The van der Waals surface area contributed by atoms with Gasteiger partial charge in [0.2, 0.25) is 5.91 Å². The molecule has 1 aromatic carbocycles. The van der Waals surface area contributed by atoms with Gasteiger partial charge in [-0.15, -0.1) is 0 Å². The average molecular weight is 212 g/mol. The van der Waals surface area contributed by atoms with Crippen LogP contribution in [0.3, 0.4) is 0 Å². The van der Waals surface area contributed by atoms with E-state index in [0.29, 0.717) is 16.7 Å². The van der Waals surface area contributed by atoms with Gasteiger partial charge in [0, 0.05) is 17.0 Å². The number of rotatable bonds is 1. The van der Waals surface area contributed by atoms with Crippen LogP contribution in [0.5, 0.6) is 0 Å². The molecule has 0 radical (unpaired) electrons. The van der Waals surface area contributed by atoms with E-state index in [9.17, 15) is 4.79 Å². The van der Waals surface area contributed by atoms with Crippen molar-refractivity contribution < 1.29 is 9.21 Å². The second-order valence-corrected chi connectivity index (χ2v) is 3.52. The minimum absolute atomic E-state index is 0.454. The van der Waals surface area contributed by atoms with E-state index < -0.39 is 5.91 Å². The predicted molar refractivity (Wildman–Crippen MR) is 60.0 cm³/mol. The number of hydrogen-bond acceptors (Lipinski definition) is 3. The summed E-state index contributed by atoms with van der Waals surface area (Å²) in [5.41, 5.74) is 7.12. The van der Waals surface area contributed by atoms with Crippen molar-refractivity contribution in [3.05, 3.63) is 42.2 Å². The van der Waals surface area contributed by atoms with Crippen LogP contribution in [0.15, 0.2) is 41.1 Å². The summed E-state index contributed by atoms with van der Waals surface area (Å²) in [4.78, 5) is 15.3. The van der Waals surface area contributed by atoms with Crippen LogP contribution < -0.4 is 5.73 Å². The molecular weight excluding hydrogens is 204 g/mol. The van der Waals surface area contributed by atoms with Gasteiger partial charge in [0.25, 0.3) is 0 Å². The molecule has 78 valence electrons. The Morgan fingerprint density at radius 3 is 2.94 bits per heavy atom. The molecule has 0 aliphatic carbocycles. The van der Waals surface area contributed by atoms with E-state index in [1.54, 1.807) is 24.5 Å². The summed E-state index contributed by atoms with van der Waals surface area (Å²) in [5, 5.41) is 1.62. The van der Waals surface area contributed by atoms with E-state index in [1.807, 2.05) is 12.1 Å². The number of primary amides is 1. The number of carbonyl (C=O) groups is 1. The smallest absolute Gasteiger partial charge is 0.249 e. The molecule has 0 saturated heterocycles. The number of furan rings is 1. The van der Waals surface area contributed by atoms with Crippen LogP contribution in [0.1, 0.15) is 10.4 Å². The molecule has 16 heavy (non-hydrogen) atoms. The van der Waals surface area contributed by atoms with Crippen LogP contribution in [0, 0.1) is 0 Å². The molecule has 4 nitrogen and oxygen atoms in total. The number of amides is 1. The molecule has 2 heterocycles. The lowest BCUT2D eigenvalue weighted by atomic mass is 10.1. The zero-order chi connectivity index (χ0) is 11.1. The Balaban J connectivity index is 2.57. The minimum Gasteiger partial charge on any atom is -0.454 e. The Kier molecular flexibility index (Phi) is 1.71. The van der Waals surface area contributed by atoms with Crippen LogP contribution in [0.2, 0.25) is 0 Å². The van der Waals surface area contributed by atoms with Gasteiger partial charge in [-0.3, -0.25) is 9.78 Å². The van der Waals surface area contributed by atoms with Crippen molar-refractivity contribution in [1.82, 2.24) is 4.98 Å². The third kappa shape index (κ3) is 1.10. The average Bonchev–Trinajstić information content (AvgIpc) is 2.66. The third-order valence-electron chi connectivity index (χ3n) is 2.57. The number of aromatic nitrogens is 1. The largest absolute Gasteiger partial charge is 0.454 e. The number of hydrogen-bond donors (Lipinski definition) is 1. The summed E-state index contributed by atoms with van der Waals surface area (Å²) in [6, 6.07) is 7.06. The monoisotopic (exact) mass is 212 g/mol. The lowest BCUT2D eigenvalue weighted by molar-refractivity contribution is 0.100. The molecule has 0 aliphatic heterocycles. The van der Waals surface area contributed by atoms with Gasteiger partial charge in [0.15, 0.2) is 5.58 Å². The molecule has 0 atom stereocenters. The molecule has 3 aromatic rings. The topological polar surface area (TPSA) is 69.1 Å². The van der Waals surface area contributed by atoms with E-state index in [-0.39, 0.29) is 0 Å². The molecule has 0 bridgehead atoms. The quantitative estimate of drug-likeness (QED) is 0.671. The number of nitrogens with zero attached hydrogens (tertiary/aromatic N) is 1. The second kappa shape index (κ2) is 3.06. The molecule has 0 aliphatic rings. The van der Waals surface area contributed by atoms with Crippen molar-refractivity contribution in [2.45, 2.75) is 0 Å². The lowest BCUT2D eigenvalue weighted by Crippen LogP contribution is -2.10. The molecule has 2 aromatic heterocycles. The van der Waals surface area contributed by atoms with E-state index in [2.05, 4.69) is 4.98 Å². The van der Waals surface area contributed by atoms with E-state index in [0.717, 1.165) is 10.8 Å². The summed E-state index contributed by atoms with van der Waals surface area (Å²) in [7, 11) is 0. The van der Waals surface area contributed by atoms with Gasteiger partial charge in [-0.25, -0.2) is 0 Å². The van der Waals surface area contributed by atoms with Crippen molar-refractivity contribution >= 4 is 27.8 Å². The van der Waals surface area contributed by atoms with Crippen LogP contribution in [0.25, 0.3) is 21.9 Å². The Morgan fingerprint density at radius 2 is 2.12 bits per heavy atom. The maximum Gasteiger partial charge on any atom is 0.249 e. The van der Waals surface area contributed by atoms with Gasteiger partial charge in [-0.05, 0) is 18.2 Å². The van der Waals surface area contributed by atoms with Crippen LogP contribution in [0.4, 0.5) is 0 Å². The fourth-order valence-electron chi connectivity index (χ4n) is 1.89. The van der Waals surface area contributed by atoms with Crippen molar-refractivity contribution in [3.8, 4) is 0 Å². The molecule has 3 rings (SSSR count). The molecule has 0 saturated carbocycles. The number of benzene rings is 1. The lowest BCUT2D eigenvalue weighted by Gasteiger charge is -1.96. The van der Waals surface area contributed by atoms with Gasteiger partial charge < -0.3 is 10.2 Å². The van der Waals surface area contributed by atoms with Crippen molar-refractivity contribution in [1.29, 1.82) is 0 Å². The van der Waals surface area contributed by atoms with Gasteiger partial charge in [0.1, 0.15) is 5.58 Å². The molecule has 2 N–H and O–H groups in total. The molecule has 0 spiro atoms. The number of fused-ring (bicyclic) bond motifs is 3. The maximum absolute atomic E-state index is 11.3. The van der Waals surface area contributed by atoms with Crippen LogP contribution in [-0.4, -0.2) is 10.9 Å². The van der Waals surface area contributed by atoms with Gasteiger partial charge in [-0.2, -0.15) is 0 Å². The molecule has 0 unspecified atom stereocenters. The van der Waals surface area contributed by atoms with E-state index in [1.165, 1.54) is 0 Å². The molecule has 4 heteroatoms. The Bertz CT molecular complexity index is 700. The zero-order valence-electron chi connectivity index (χ0n) is 8.31. The fourth-order valence-corrected chi connectivity index (χ4v) is 1.89. The van der Waals surface area contributed by atoms with Crippen molar-refractivity contribution in [3.63, 3.8) is 0 Å². The fraction of sp³-hybridized carbons (Fsp3) is 0. The maximum atomic E-state index is 11.3. The van der Waals surface area contributed by atoms with Crippen molar-refractivity contribution in [2.24, 2.45) is 5.73 Å². The van der Waals surface area contributed by atoms with Gasteiger partial charge in [0.05, 0.1) is 11.8 Å². The first kappa shape index (κ1) is 8.91. The van der Waals surface area contributed by atoms with Crippen LogP contribution in [-0.2, 0) is 0 Å². The first-order valence-electron chi connectivity index (χ1n) is 4.82. The number of pyridine rings is 1. The Hall–Kier alpha value is -2.36. The first-order chi connectivity index (χ1) is 7.77. The predicted octanol–water partition coefficient (Wildman–Crippen LogP) is 2.08. The van der Waals surface area contributed by atoms with E-state index >= 15 is 0 Å². The molecule has 0 fully saturated rings. The van der Waals surface area contributed by atoms with E-state index in [4.69, 9.17) is 10.2 Å². The normalized spacial score (nSPS) is 11.0. The highest BCUT2D eigenvalue weighted by atomic mass is 16.3. The van der Waals surface area contributed by atoms with Gasteiger partial charge in [-0.1, -0.05) is 6.07 Å². The van der Waals surface area contributed by atoms with Crippen molar-refractivity contribution in [2.75, 3.05) is 0 Å². The highest BCUT2D eigenvalue weighted by molar-refractivity contribution is 6.15. The molecule has 1 amide bonds. The zero-order valence-corrected chi connectivity index (χ0v) is 8.31. The molecular formula is C12H8N2O2. The minimum atomic E-state index is -0.454. The third-order valence-corrected chi connectivity index (χ3v) is 2.57. The summed E-state index contributed by atoms with van der Waals surface area (Å²) in [6.45, 7) is 0. The summed E-state index contributed by atoms with van der Waals surface area (Å²) < 4.78 is 5.57. The SMILES string of the molecule is NC(=O)c1cccc2oc3cnccc3c12. The standard InChI is InChI=1S/C12H8N2O2/c13-12(15)8-2-1-3-9-11(8)7-4-5-14-6-10(7)16-9/h1-6H,(H2,13,15). The first-order valence-corrected chi connectivity index (χ1v) is 4.82. The summed E-state index contributed by atoms with van der Waals surface area (Å²) >= 11 is 0. The summed E-state index contributed by atoms with van der Waals surface area (Å²) in [6.07, 6.45) is 3.29. The Labute approximate surface area is 90.7 Å². The van der Waals surface area contributed by atoms with Crippen LogP contribution >= 0.6 is 0 Å². The number of carbonyl (C=O) groups excluding carboxylic acids is 1. The Morgan fingerprint density at radius 1 is 1.25 bits per heavy atom. The summed E-state index contributed by atoms with van der Waals surface area (Å²) in [5.74, 6) is -0.454.